The van der Waals surface area contributed by atoms with Crippen molar-refractivity contribution in [2.24, 2.45) is 0 Å². The Bertz CT molecular complexity index is 908. The van der Waals surface area contributed by atoms with Crippen molar-refractivity contribution in [2.75, 3.05) is 11.9 Å². The first-order valence-electron chi connectivity index (χ1n) is 8.94. The summed E-state index contributed by atoms with van der Waals surface area (Å²) in [4.78, 5) is 13.6. The van der Waals surface area contributed by atoms with Crippen molar-refractivity contribution in [3.63, 3.8) is 0 Å². The third kappa shape index (κ3) is 5.04. The summed E-state index contributed by atoms with van der Waals surface area (Å²) in [6.07, 6.45) is 2.21. The van der Waals surface area contributed by atoms with E-state index in [0.29, 0.717) is 17.1 Å². The number of amides is 1. The topological polar surface area (TPSA) is 69.5 Å². The first-order chi connectivity index (χ1) is 13.2. The number of hydrogen-bond donors (Lipinski definition) is 2. The fraction of sp³-hybridized carbons (Fsp3) is 0.238. The number of thiophene rings is 2. The van der Waals surface area contributed by atoms with Gasteiger partial charge in [0.2, 0.25) is 0 Å². The van der Waals surface area contributed by atoms with E-state index in [2.05, 4.69) is 59.3 Å². The smallest absolute Gasteiger partial charge is 0.280 e. The molecule has 1 atom stereocenters. The number of aryl methyl sites for hydroxylation is 1. The van der Waals surface area contributed by atoms with E-state index in [0.717, 1.165) is 12.8 Å². The number of anilines is 1. The van der Waals surface area contributed by atoms with Gasteiger partial charge in [-0.25, -0.2) is 0 Å². The molecular formula is C21H22N3OS2+. The van der Waals surface area contributed by atoms with Gasteiger partial charge in [0.15, 0.2) is 6.54 Å². The van der Waals surface area contributed by atoms with Crippen molar-refractivity contribution in [1.82, 2.24) is 0 Å². The van der Waals surface area contributed by atoms with Crippen LogP contribution in [0.5, 0.6) is 0 Å². The van der Waals surface area contributed by atoms with Gasteiger partial charge in [0.1, 0.15) is 17.1 Å². The normalized spacial score (nSPS) is 11.7. The van der Waals surface area contributed by atoms with Crippen LogP contribution >= 0.6 is 22.7 Å². The highest BCUT2D eigenvalue weighted by atomic mass is 32.1. The number of nitrogens with two attached hydrogens (primary N) is 1. The van der Waals surface area contributed by atoms with Gasteiger partial charge in [0, 0.05) is 5.56 Å². The average Bonchev–Trinajstić information content (AvgIpc) is 3.35. The van der Waals surface area contributed by atoms with Gasteiger partial charge in [-0.3, -0.25) is 4.79 Å². The van der Waals surface area contributed by atoms with E-state index >= 15 is 0 Å². The van der Waals surface area contributed by atoms with Crippen LogP contribution in [0.4, 0.5) is 5.00 Å². The molecule has 0 bridgehead atoms. The highest BCUT2D eigenvalue weighted by molar-refractivity contribution is 7.14. The molecule has 1 amide bonds. The van der Waals surface area contributed by atoms with Crippen LogP contribution in [0.15, 0.2) is 53.2 Å². The monoisotopic (exact) mass is 396 g/mol. The summed E-state index contributed by atoms with van der Waals surface area (Å²) < 4.78 is 0. The van der Waals surface area contributed by atoms with Crippen LogP contribution < -0.4 is 10.6 Å². The van der Waals surface area contributed by atoms with Crippen LogP contribution in [0, 0.1) is 11.3 Å². The fourth-order valence-electron chi connectivity index (χ4n) is 2.96. The molecule has 3 N–H and O–H groups in total. The summed E-state index contributed by atoms with van der Waals surface area (Å²) in [5.74, 6) is -0.0990. The lowest BCUT2D eigenvalue weighted by atomic mass is 10.0. The zero-order valence-electron chi connectivity index (χ0n) is 15.1. The van der Waals surface area contributed by atoms with E-state index in [1.165, 1.54) is 27.3 Å². The maximum Gasteiger partial charge on any atom is 0.280 e. The molecule has 27 heavy (non-hydrogen) atoms. The van der Waals surface area contributed by atoms with Crippen LogP contribution in [0.1, 0.15) is 41.0 Å². The Morgan fingerprint density at radius 1 is 1.19 bits per heavy atom. The van der Waals surface area contributed by atoms with Crippen molar-refractivity contribution < 1.29 is 10.1 Å². The molecule has 0 spiro atoms. The van der Waals surface area contributed by atoms with Gasteiger partial charge in [-0.1, -0.05) is 43.7 Å². The largest absolute Gasteiger partial charge is 0.328 e. The standard InChI is InChI=1S/C21H21N3OS2/c1-2-4-15-6-8-16(9-7-15)20(18-5-3-11-26-18)23-14-19(25)24-21-17(13-22)10-12-27-21/h3,5-12,20,23H,2,4,14H2,1H3,(H,24,25)/p+1/t20-/m1/s1. The van der Waals surface area contributed by atoms with Gasteiger partial charge in [-0.2, -0.15) is 5.26 Å². The Balaban J connectivity index is 1.69. The molecule has 138 valence electrons. The summed E-state index contributed by atoms with van der Waals surface area (Å²) in [5.41, 5.74) is 3.04. The number of benzene rings is 1. The minimum absolute atomic E-state index is 0.0881. The van der Waals surface area contributed by atoms with Crippen molar-refractivity contribution in [3.8, 4) is 6.07 Å². The molecule has 4 nitrogen and oxygen atoms in total. The number of carbonyl (C=O) groups excluding carboxylic acids is 1. The van der Waals surface area contributed by atoms with Gasteiger partial charge in [0.05, 0.1) is 10.4 Å². The van der Waals surface area contributed by atoms with E-state index < -0.39 is 0 Å². The van der Waals surface area contributed by atoms with Gasteiger partial charge < -0.3 is 10.6 Å². The first-order valence-corrected chi connectivity index (χ1v) is 10.7. The second-order valence-electron chi connectivity index (χ2n) is 6.25. The second-order valence-corrected chi connectivity index (χ2v) is 8.14. The van der Waals surface area contributed by atoms with Crippen LogP contribution in [0.2, 0.25) is 0 Å². The average molecular weight is 397 g/mol. The lowest BCUT2D eigenvalue weighted by Gasteiger charge is -2.15. The van der Waals surface area contributed by atoms with E-state index in [1.807, 2.05) is 11.4 Å². The number of nitrogens with zero attached hydrogens (tertiary/aromatic N) is 1. The Hall–Kier alpha value is -2.46. The van der Waals surface area contributed by atoms with Crippen molar-refractivity contribution in [2.45, 2.75) is 25.8 Å². The van der Waals surface area contributed by atoms with Crippen molar-refractivity contribution >= 4 is 33.6 Å². The molecule has 6 heteroatoms. The minimum atomic E-state index is -0.0990. The molecule has 3 aromatic rings. The Morgan fingerprint density at radius 3 is 2.67 bits per heavy atom. The highest BCUT2D eigenvalue weighted by Gasteiger charge is 2.20. The number of nitriles is 1. The lowest BCUT2D eigenvalue weighted by Crippen LogP contribution is -2.87. The third-order valence-corrected chi connectivity index (χ3v) is 6.09. The summed E-state index contributed by atoms with van der Waals surface area (Å²) in [6, 6.07) is 16.7. The third-order valence-electron chi connectivity index (χ3n) is 4.30. The Kier molecular flexibility index (Phi) is 6.77. The Labute approximate surface area is 167 Å². The predicted octanol–water partition coefficient (Wildman–Crippen LogP) is 3.93. The lowest BCUT2D eigenvalue weighted by molar-refractivity contribution is -0.675. The quantitative estimate of drug-likeness (QED) is 0.606. The fourth-order valence-corrected chi connectivity index (χ4v) is 4.57. The van der Waals surface area contributed by atoms with E-state index in [4.69, 9.17) is 5.26 Å². The molecule has 2 aromatic heterocycles. The predicted molar refractivity (Wildman–Crippen MR) is 111 cm³/mol. The first kappa shape index (κ1) is 19.3. The van der Waals surface area contributed by atoms with Gasteiger partial charge in [0.25, 0.3) is 5.91 Å². The van der Waals surface area contributed by atoms with Crippen LogP contribution in [0.3, 0.4) is 0 Å². The molecule has 0 saturated carbocycles. The molecule has 0 unspecified atom stereocenters. The molecule has 2 heterocycles. The SMILES string of the molecule is CCCc1ccc([C@@H]([NH2+]CC(=O)Nc2sccc2C#N)c2cccs2)cc1. The highest BCUT2D eigenvalue weighted by Crippen LogP contribution is 2.24. The minimum Gasteiger partial charge on any atom is -0.328 e. The molecule has 0 radical (unpaired) electrons. The van der Waals surface area contributed by atoms with Crippen LogP contribution in [-0.4, -0.2) is 12.5 Å². The summed E-state index contributed by atoms with van der Waals surface area (Å²) in [7, 11) is 0. The zero-order valence-corrected chi connectivity index (χ0v) is 16.8. The number of carbonyl (C=O) groups is 1. The molecule has 0 saturated heterocycles. The number of rotatable bonds is 8. The Morgan fingerprint density at radius 2 is 2.00 bits per heavy atom. The van der Waals surface area contributed by atoms with Crippen LogP contribution in [0.25, 0.3) is 0 Å². The molecule has 0 aliphatic carbocycles. The maximum atomic E-state index is 12.4. The molecular weight excluding hydrogens is 374 g/mol. The molecule has 0 aliphatic rings. The summed E-state index contributed by atoms with van der Waals surface area (Å²) >= 11 is 3.07. The maximum absolute atomic E-state index is 12.4. The van der Waals surface area contributed by atoms with Crippen LogP contribution in [-0.2, 0) is 11.2 Å². The van der Waals surface area contributed by atoms with Gasteiger partial charge in [-0.05, 0) is 34.9 Å². The number of hydrogen-bond acceptors (Lipinski definition) is 4. The van der Waals surface area contributed by atoms with E-state index in [9.17, 15) is 4.79 Å². The molecule has 0 fully saturated rings. The molecule has 1 aromatic carbocycles. The van der Waals surface area contributed by atoms with Crippen molar-refractivity contribution in [1.29, 1.82) is 5.26 Å². The molecule has 0 aliphatic heterocycles. The second kappa shape index (κ2) is 9.47. The number of nitrogens with one attached hydrogen (secondary N) is 1. The summed E-state index contributed by atoms with van der Waals surface area (Å²) in [5, 5.41) is 18.5. The summed E-state index contributed by atoms with van der Waals surface area (Å²) in [6.45, 7) is 2.47. The van der Waals surface area contributed by atoms with Gasteiger partial charge in [-0.15, -0.1) is 22.7 Å². The van der Waals surface area contributed by atoms with Gasteiger partial charge >= 0.3 is 0 Å². The van der Waals surface area contributed by atoms with E-state index in [-0.39, 0.29) is 11.9 Å². The number of quaternary nitrogens is 1. The molecule has 3 rings (SSSR count). The zero-order chi connectivity index (χ0) is 19.1. The van der Waals surface area contributed by atoms with E-state index in [1.54, 1.807) is 17.4 Å². The van der Waals surface area contributed by atoms with Crippen molar-refractivity contribution in [3.05, 3.63) is 74.8 Å².